The van der Waals surface area contributed by atoms with Crippen LogP contribution in [0.3, 0.4) is 0 Å². The molecule has 1 amide bonds. The van der Waals surface area contributed by atoms with Gasteiger partial charge in [0.1, 0.15) is 17.1 Å². The first-order chi connectivity index (χ1) is 14.3. The standard InChI is InChI=1S/C26H35NO3/c1-7-26(8-2)16-22(21-11-9-10-12-23(21)30-26)27-25(28)19(6)29-24-15-18(5)13-14-20(24)17(3)4/h9-15,17,19,22H,7-8,16H2,1-6H3,(H,27,28)/t19-,22-/m1/s1. The zero-order valence-corrected chi connectivity index (χ0v) is 19.1. The number of rotatable bonds is 7. The van der Waals surface area contributed by atoms with E-state index in [4.69, 9.17) is 9.47 Å². The molecular formula is C26H35NO3. The molecular weight excluding hydrogens is 374 g/mol. The van der Waals surface area contributed by atoms with E-state index in [2.05, 4.69) is 45.1 Å². The van der Waals surface area contributed by atoms with Gasteiger partial charge in [-0.2, -0.15) is 0 Å². The van der Waals surface area contributed by atoms with Crippen molar-refractivity contribution in [1.82, 2.24) is 5.32 Å². The third-order valence-electron chi connectivity index (χ3n) is 6.27. The zero-order valence-electron chi connectivity index (χ0n) is 19.1. The van der Waals surface area contributed by atoms with Gasteiger partial charge in [-0.25, -0.2) is 0 Å². The number of hydrogen-bond acceptors (Lipinski definition) is 3. The second-order valence-electron chi connectivity index (χ2n) is 8.75. The van der Waals surface area contributed by atoms with E-state index in [1.807, 2.05) is 44.2 Å². The van der Waals surface area contributed by atoms with Crippen molar-refractivity contribution >= 4 is 5.91 Å². The molecule has 0 aromatic heterocycles. The van der Waals surface area contributed by atoms with E-state index in [1.165, 1.54) is 0 Å². The maximum absolute atomic E-state index is 13.1. The van der Waals surface area contributed by atoms with Crippen molar-refractivity contribution in [1.29, 1.82) is 0 Å². The van der Waals surface area contributed by atoms with Gasteiger partial charge in [0.15, 0.2) is 6.10 Å². The summed E-state index contributed by atoms with van der Waals surface area (Å²) in [6.45, 7) is 12.4. The lowest BCUT2D eigenvalue weighted by Crippen LogP contribution is -2.47. The van der Waals surface area contributed by atoms with Gasteiger partial charge in [-0.15, -0.1) is 0 Å². The Morgan fingerprint density at radius 3 is 2.53 bits per heavy atom. The van der Waals surface area contributed by atoms with Crippen molar-refractivity contribution in [3.63, 3.8) is 0 Å². The van der Waals surface area contributed by atoms with Gasteiger partial charge >= 0.3 is 0 Å². The Kier molecular flexibility index (Phi) is 6.74. The van der Waals surface area contributed by atoms with E-state index >= 15 is 0 Å². The summed E-state index contributed by atoms with van der Waals surface area (Å²) in [5, 5.41) is 3.24. The van der Waals surface area contributed by atoms with Crippen molar-refractivity contribution in [3.05, 3.63) is 59.2 Å². The Balaban J connectivity index is 1.79. The number of aryl methyl sites for hydroxylation is 1. The fourth-order valence-electron chi connectivity index (χ4n) is 4.18. The first kappa shape index (κ1) is 22.2. The van der Waals surface area contributed by atoms with Gasteiger partial charge in [-0.3, -0.25) is 4.79 Å². The smallest absolute Gasteiger partial charge is 0.261 e. The number of amides is 1. The van der Waals surface area contributed by atoms with Gasteiger partial charge in [-0.1, -0.05) is 58.0 Å². The molecule has 2 aromatic rings. The molecule has 0 radical (unpaired) electrons. The molecule has 0 unspecified atom stereocenters. The number of ether oxygens (including phenoxy) is 2. The molecule has 1 aliphatic heterocycles. The molecule has 2 atom stereocenters. The van der Waals surface area contributed by atoms with Gasteiger partial charge in [0, 0.05) is 12.0 Å². The van der Waals surface area contributed by atoms with Crippen molar-refractivity contribution in [2.24, 2.45) is 0 Å². The largest absolute Gasteiger partial charge is 0.487 e. The normalized spacial score (nSPS) is 18.3. The highest BCUT2D eigenvalue weighted by molar-refractivity contribution is 5.81. The Bertz CT molecular complexity index is 886. The number of fused-ring (bicyclic) bond motifs is 1. The predicted octanol–water partition coefficient (Wildman–Crippen LogP) is 6.08. The van der Waals surface area contributed by atoms with Gasteiger partial charge in [-0.05, 0) is 55.9 Å². The summed E-state index contributed by atoms with van der Waals surface area (Å²) in [6.07, 6.45) is 1.98. The molecule has 0 spiro atoms. The van der Waals surface area contributed by atoms with Crippen LogP contribution in [0.5, 0.6) is 11.5 Å². The first-order valence-electron chi connectivity index (χ1n) is 11.1. The van der Waals surface area contributed by atoms with Crippen LogP contribution < -0.4 is 14.8 Å². The molecule has 1 N–H and O–H groups in total. The van der Waals surface area contributed by atoms with Crippen molar-refractivity contribution in [3.8, 4) is 11.5 Å². The topological polar surface area (TPSA) is 47.6 Å². The highest BCUT2D eigenvalue weighted by Crippen LogP contribution is 2.42. The van der Waals surface area contributed by atoms with Gasteiger partial charge < -0.3 is 14.8 Å². The summed E-state index contributed by atoms with van der Waals surface area (Å²) >= 11 is 0. The maximum atomic E-state index is 13.1. The monoisotopic (exact) mass is 409 g/mol. The summed E-state index contributed by atoms with van der Waals surface area (Å²) < 4.78 is 12.5. The second-order valence-corrected chi connectivity index (χ2v) is 8.75. The lowest BCUT2D eigenvalue weighted by molar-refractivity contribution is -0.128. The third-order valence-corrected chi connectivity index (χ3v) is 6.27. The van der Waals surface area contributed by atoms with Crippen LogP contribution in [-0.4, -0.2) is 17.6 Å². The van der Waals surface area contributed by atoms with Crippen LogP contribution in [0.4, 0.5) is 0 Å². The van der Waals surface area contributed by atoms with E-state index in [-0.39, 0.29) is 17.6 Å². The van der Waals surface area contributed by atoms with Crippen molar-refractivity contribution in [2.45, 2.75) is 84.5 Å². The Morgan fingerprint density at radius 1 is 1.17 bits per heavy atom. The minimum Gasteiger partial charge on any atom is -0.487 e. The number of carbonyl (C=O) groups excluding carboxylic acids is 1. The van der Waals surface area contributed by atoms with Crippen LogP contribution in [0.2, 0.25) is 0 Å². The summed E-state index contributed by atoms with van der Waals surface area (Å²) in [5.41, 5.74) is 3.02. The summed E-state index contributed by atoms with van der Waals surface area (Å²) in [5.74, 6) is 1.88. The number of para-hydroxylation sites is 1. The molecule has 1 heterocycles. The molecule has 4 heteroatoms. The first-order valence-corrected chi connectivity index (χ1v) is 11.1. The lowest BCUT2D eigenvalue weighted by Gasteiger charge is -2.42. The van der Waals surface area contributed by atoms with E-state index in [0.717, 1.165) is 47.5 Å². The number of carbonyl (C=O) groups is 1. The van der Waals surface area contributed by atoms with Gasteiger partial charge in [0.2, 0.25) is 0 Å². The van der Waals surface area contributed by atoms with Crippen LogP contribution in [0, 0.1) is 6.92 Å². The fourth-order valence-corrected chi connectivity index (χ4v) is 4.18. The Hall–Kier alpha value is -2.49. The predicted molar refractivity (Wildman–Crippen MR) is 121 cm³/mol. The zero-order chi connectivity index (χ0) is 21.9. The molecule has 4 nitrogen and oxygen atoms in total. The minimum atomic E-state index is -0.586. The molecule has 30 heavy (non-hydrogen) atoms. The quantitative estimate of drug-likeness (QED) is 0.602. The number of nitrogens with one attached hydrogen (secondary N) is 1. The summed E-state index contributed by atoms with van der Waals surface area (Å²) in [6, 6.07) is 14.1. The third kappa shape index (κ3) is 4.63. The second kappa shape index (κ2) is 9.11. The Morgan fingerprint density at radius 2 is 1.87 bits per heavy atom. The fraction of sp³-hybridized carbons (Fsp3) is 0.500. The van der Waals surface area contributed by atoms with E-state index < -0.39 is 6.10 Å². The molecule has 0 saturated carbocycles. The van der Waals surface area contributed by atoms with Crippen molar-refractivity contribution in [2.75, 3.05) is 0 Å². The van der Waals surface area contributed by atoms with Crippen LogP contribution >= 0.6 is 0 Å². The molecule has 0 saturated heterocycles. The van der Waals surface area contributed by atoms with Crippen LogP contribution in [0.15, 0.2) is 42.5 Å². The average molecular weight is 410 g/mol. The van der Waals surface area contributed by atoms with Crippen LogP contribution in [-0.2, 0) is 4.79 Å². The number of benzene rings is 2. The molecule has 0 fully saturated rings. The lowest BCUT2D eigenvalue weighted by atomic mass is 9.83. The molecule has 2 aromatic carbocycles. The van der Waals surface area contributed by atoms with Gasteiger partial charge in [0.25, 0.3) is 5.91 Å². The average Bonchev–Trinajstić information content (AvgIpc) is 2.73. The molecule has 162 valence electrons. The summed E-state index contributed by atoms with van der Waals surface area (Å²) in [4.78, 5) is 13.1. The van der Waals surface area contributed by atoms with Crippen LogP contribution in [0.1, 0.15) is 82.5 Å². The highest BCUT2D eigenvalue weighted by atomic mass is 16.5. The molecule has 3 rings (SSSR count). The highest BCUT2D eigenvalue weighted by Gasteiger charge is 2.39. The minimum absolute atomic E-state index is 0.0875. The molecule has 1 aliphatic rings. The Labute approximate surface area is 181 Å². The van der Waals surface area contributed by atoms with Crippen LogP contribution in [0.25, 0.3) is 0 Å². The van der Waals surface area contributed by atoms with Crippen molar-refractivity contribution < 1.29 is 14.3 Å². The van der Waals surface area contributed by atoms with E-state index in [9.17, 15) is 4.79 Å². The molecule has 0 bridgehead atoms. The number of hydrogen-bond donors (Lipinski definition) is 1. The van der Waals surface area contributed by atoms with Gasteiger partial charge in [0.05, 0.1) is 6.04 Å². The van der Waals surface area contributed by atoms with E-state index in [1.54, 1.807) is 0 Å². The van der Waals surface area contributed by atoms with E-state index in [0.29, 0.717) is 5.92 Å². The maximum Gasteiger partial charge on any atom is 0.261 e. The SMILES string of the molecule is CCC1(CC)C[C@@H](NC(=O)[C@@H](C)Oc2cc(C)ccc2C(C)C)c2ccccc2O1. The molecule has 0 aliphatic carbocycles. The summed E-state index contributed by atoms with van der Waals surface area (Å²) in [7, 11) is 0.